The van der Waals surface area contributed by atoms with Gasteiger partial charge in [-0.2, -0.15) is 0 Å². The van der Waals surface area contributed by atoms with Crippen LogP contribution in [0, 0.1) is 6.92 Å². The molecule has 0 saturated heterocycles. The first-order chi connectivity index (χ1) is 6.56. The molecule has 1 rings (SSSR count). The number of oxime groups is 1. The summed E-state index contributed by atoms with van der Waals surface area (Å²) in [5.74, 6) is -0.994. The number of aryl methyl sites for hydroxylation is 1. The van der Waals surface area contributed by atoms with Crippen LogP contribution in [0.4, 0.5) is 0 Å². The van der Waals surface area contributed by atoms with E-state index in [1.807, 2.05) is 0 Å². The molecule has 5 heteroatoms. The van der Waals surface area contributed by atoms with Crippen LogP contribution in [0.15, 0.2) is 23.4 Å². The Bertz CT molecular complexity index is 401. The first kappa shape index (κ1) is 10.5. The molecule has 74 valence electrons. The van der Waals surface area contributed by atoms with Gasteiger partial charge in [-0.1, -0.05) is 22.8 Å². The Balaban J connectivity index is 3.19. The summed E-state index contributed by atoms with van der Waals surface area (Å²) in [6.45, 7) is 1.65. The van der Waals surface area contributed by atoms with Crippen molar-refractivity contribution in [3.05, 3.63) is 34.9 Å². The number of carboxylic acids is 1. The lowest BCUT2D eigenvalue weighted by molar-refractivity contribution is 0.0696. The monoisotopic (exact) mass is 213 g/mol. The van der Waals surface area contributed by atoms with Gasteiger partial charge in [0.25, 0.3) is 0 Å². The SMILES string of the molecule is Cc1cc(/C(Cl)=N/O)ccc1C(=O)O. The van der Waals surface area contributed by atoms with Crippen LogP contribution in [0.3, 0.4) is 0 Å². The van der Waals surface area contributed by atoms with Crippen molar-refractivity contribution >= 4 is 22.7 Å². The molecular formula is C9H8ClNO3. The van der Waals surface area contributed by atoms with Crippen molar-refractivity contribution in [1.29, 1.82) is 0 Å². The van der Waals surface area contributed by atoms with Crippen molar-refractivity contribution in [2.24, 2.45) is 5.16 Å². The number of carboxylic acid groups (broad SMARTS) is 1. The molecule has 0 bridgehead atoms. The van der Waals surface area contributed by atoms with E-state index in [4.69, 9.17) is 21.9 Å². The number of carbonyl (C=O) groups is 1. The van der Waals surface area contributed by atoms with Gasteiger partial charge in [0.2, 0.25) is 0 Å². The number of nitrogens with zero attached hydrogens (tertiary/aromatic N) is 1. The van der Waals surface area contributed by atoms with Crippen molar-refractivity contribution < 1.29 is 15.1 Å². The molecule has 0 aromatic heterocycles. The van der Waals surface area contributed by atoms with Gasteiger partial charge in [0.1, 0.15) is 0 Å². The van der Waals surface area contributed by atoms with Gasteiger partial charge in [0, 0.05) is 5.56 Å². The van der Waals surface area contributed by atoms with E-state index in [0.29, 0.717) is 11.1 Å². The summed E-state index contributed by atoms with van der Waals surface area (Å²) < 4.78 is 0. The minimum absolute atomic E-state index is 0.0648. The third-order valence-electron chi connectivity index (χ3n) is 1.78. The zero-order valence-corrected chi connectivity index (χ0v) is 8.12. The molecule has 2 N–H and O–H groups in total. The molecule has 4 nitrogen and oxygen atoms in total. The van der Waals surface area contributed by atoms with Crippen LogP contribution in [-0.4, -0.2) is 21.5 Å². The lowest BCUT2D eigenvalue weighted by atomic mass is 10.1. The number of benzene rings is 1. The highest BCUT2D eigenvalue weighted by molar-refractivity contribution is 6.69. The Morgan fingerprint density at radius 2 is 2.14 bits per heavy atom. The minimum Gasteiger partial charge on any atom is -0.478 e. The Hall–Kier alpha value is -1.55. The molecule has 14 heavy (non-hydrogen) atoms. The molecule has 1 aromatic carbocycles. The average Bonchev–Trinajstić information content (AvgIpc) is 2.15. The summed E-state index contributed by atoms with van der Waals surface area (Å²) in [7, 11) is 0. The Labute approximate surface area is 85.4 Å². The largest absolute Gasteiger partial charge is 0.478 e. The Morgan fingerprint density at radius 3 is 2.57 bits per heavy atom. The smallest absolute Gasteiger partial charge is 0.335 e. The molecule has 0 heterocycles. The summed E-state index contributed by atoms with van der Waals surface area (Å²) in [4.78, 5) is 10.7. The number of hydrogen-bond donors (Lipinski definition) is 2. The first-order valence-corrected chi connectivity index (χ1v) is 4.16. The maximum absolute atomic E-state index is 10.7. The molecule has 0 aliphatic rings. The summed E-state index contributed by atoms with van der Waals surface area (Å²) in [5.41, 5.74) is 1.25. The zero-order chi connectivity index (χ0) is 10.7. The molecule has 0 atom stereocenters. The number of aromatic carboxylic acids is 1. The van der Waals surface area contributed by atoms with Crippen molar-refractivity contribution in [3.8, 4) is 0 Å². The fraction of sp³-hybridized carbons (Fsp3) is 0.111. The highest BCUT2D eigenvalue weighted by atomic mass is 35.5. The third kappa shape index (κ3) is 2.03. The van der Waals surface area contributed by atoms with Crippen LogP contribution < -0.4 is 0 Å². The van der Waals surface area contributed by atoms with E-state index < -0.39 is 5.97 Å². The molecule has 0 saturated carbocycles. The molecule has 0 amide bonds. The second kappa shape index (κ2) is 4.11. The van der Waals surface area contributed by atoms with Crippen LogP contribution in [0.2, 0.25) is 0 Å². The molecule has 0 fully saturated rings. The third-order valence-corrected chi connectivity index (χ3v) is 2.08. The molecule has 1 aromatic rings. The second-order valence-corrected chi connectivity index (χ2v) is 3.08. The predicted octanol–water partition coefficient (Wildman–Crippen LogP) is 2.07. The van der Waals surface area contributed by atoms with Crippen molar-refractivity contribution in [1.82, 2.24) is 0 Å². The summed E-state index contributed by atoms with van der Waals surface area (Å²) in [6.07, 6.45) is 0. The van der Waals surface area contributed by atoms with Gasteiger partial charge < -0.3 is 10.3 Å². The van der Waals surface area contributed by atoms with Gasteiger partial charge in [0.05, 0.1) is 5.56 Å². The Morgan fingerprint density at radius 1 is 1.50 bits per heavy atom. The average molecular weight is 214 g/mol. The second-order valence-electron chi connectivity index (χ2n) is 2.73. The van der Waals surface area contributed by atoms with Crippen molar-refractivity contribution in [2.75, 3.05) is 0 Å². The van der Waals surface area contributed by atoms with Crippen LogP contribution in [0.1, 0.15) is 21.5 Å². The van der Waals surface area contributed by atoms with Gasteiger partial charge in [-0.25, -0.2) is 4.79 Å². The fourth-order valence-electron chi connectivity index (χ4n) is 1.09. The summed E-state index contributed by atoms with van der Waals surface area (Å²) in [6, 6.07) is 4.45. The lowest BCUT2D eigenvalue weighted by Gasteiger charge is -2.02. The summed E-state index contributed by atoms with van der Waals surface area (Å²) in [5, 5.41) is 19.9. The topological polar surface area (TPSA) is 69.9 Å². The first-order valence-electron chi connectivity index (χ1n) is 3.78. The maximum atomic E-state index is 10.7. The number of halogens is 1. The number of hydrogen-bond acceptors (Lipinski definition) is 3. The van der Waals surface area contributed by atoms with E-state index in [1.165, 1.54) is 12.1 Å². The molecule has 0 aliphatic carbocycles. The highest BCUT2D eigenvalue weighted by Crippen LogP contribution is 2.13. The standard InChI is InChI=1S/C9H8ClNO3/c1-5-4-6(8(10)11-14)2-3-7(5)9(12)13/h2-4,14H,1H3,(H,12,13)/b11-8-. The number of rotatable bonds is 2. The van der Waals surface area contributed by atoms with Crippen LogP contribution in [0.25, 0.3) is 0 Å². The van der Waals surface area contributed by atoms with Gasteiger partial charge in [-0.15, -0.1) is 0 Å². The van der Waals surface area contributed by atoms with Crippen molar-refractivity contribution in [2.45, 2.75) is 6.92 Å². The molecule has 0 spiro atoms. The molecule has 0 radical (unpaired) electrons. The highest BCUT2D eigenvalue weighted by Gasteiger charge is 2.08. The normalized spacial score (nSPS) is 11.4. The van der Waals surface area contributed by atoms with Crippen LogP contribution >= 0.6 is 11.6 Å². The molecule has 0 unspecified atom stereocenters. The van der Waals surface area contributed by atoms with E-state index in [-0.39, 0.29) is 10.7 Å². The van der Waals surface area contributed by atoms with Crippen molar-refractivity contribution in [3.63, 3.8) is 0 Å². The quantitative estimate of drug-likeness (QED) is 0.449. The molecule has 0 aliphatic heterocycles. The minimum atomic E-state index is -0.994. The summed E-state index contributed by atoms with van der Waals surface area (Å²) >= 11 is 5.55. The van der Waals surface area contributed by atoms with Crippen LogP contribution in [-0.2, 0) is 0 Å². The fourth-order valence-corrected chi connectivity index (χ4v) is 1.21. The van der Waals surface area contributed by atoms with Gasteiger partial charge in [-0.05, 0) is 24.6 Å². The van der Waals surface area contributed by atoms with Gasteiger partial charge in [-0.3, -0.25) is 0 Å². The zero-order valence-electron chi connectivity index (χ0n) is 7.36. The van der Waals surface area contributed by atoms with E-state index in [1.54, 1.807) is 13.0 Å². The van der Waals surface area contributed by atoms with Crippen LogP contribution in [0.5, 0.6) is 0 Å². The van der Waals surface area contributed by atoms with E-state index in [0.717, 1.165) is 0 Å². The van der Waals surface area contributed by atoms with Gasteiger partial charge in [0.15, 0.2) is 5.17 Å². The van der Waals surface area contributed by atoms with Gasteiger partial charge >= 0.3 is 5.97 Å². The maximum Gasteiger partial charge on any atom is 0.335 e. The lowest BCUT2D eigenvalue weighted by Crippen LogP contribution is -2.01. The molecular weight excluding hydrogens is 206 g/mol. The van der Waals surface area contributed by atoms with E-state index >= 15 is 0 Å². The van der Waals surface area contributed by atoms with E-state index in [9.17, 15) is 4.79 Å². The van der Waals surface area contributed by atoms with E-state index in [2.05, 4.69) is 5.16 Å². The predicted molar refractivity (Wildman–Crippen MR) is 52.3 cm³/mol. The Kier molecular flexibility index (Phi) is 3.09.